The highest BCUT2D eigenvalue weighted by molar-refractivity contribution is 14.0. The second-order valence-electron chi connectivity index (χ2n) is 5.99. The fraction of sp³-hybridized carbons (Fsp3) is 0.471. The van der Waals surface area contributed by atoms with Crippen molar-refractivity contribution in [2.45, 2.75) is 32.9 Å². The number of nitrogens with one attached hydrogen (secondary N) is 2. The van der Waals surface area contributed by atoms with Crippen LogP contribution in [0.25, 0.3) is 5.82 Å². The average molecular weight is 458 g/mol. The lowest BCUT2D eigenvalue weighted by atomic mass is 10.1. The third-order valence-corrected chi connectivity index (χ3v) is 3.55. The Kier molecular flexibility index (Phi) is 8.84. The Morgan fingerprint density at radius 1 is 1.32 bits per heavy atom. The molecule has 2 aromatic heterocycles. The molecule has 0 saturated heterocycles. The van der Waals surface area contributed by atoms with Crippen LogP contribution in [0.4, 0.5) is 0 Å². The monoisotopic (exact) mass is 458 g/mol. The number of aromatic nitrogens is 3. The third kappa shape index (κ3) is 6.99. The molecular formula is C17H27IN6O. The van der Waals surface area contributed by atoms with Crippen LogP contribution in [0, 0.1) is 0 Å². The number of ether oxygens (including phenoxy) is 1. The summed E-state index contributed by atoms with van der Waals surface area (Å²) in [7, 11) is 1.71. The van der Waals surface area contributed by atoms with Crippen LogP contribution in [0.3, 0.4) is 0 Å². The van der Waals surface area contributed by atoms with E-state index in [-0.39, 0.29) is 29.6 Å². The molecule has 2 N–H and O–H groups in total. The molecule has 138 valence electrons. The Morgan fingerprint density at radius 3 is 2.76 bits per heavy atom. The van der Waals surface area contributed by atoms with Gasteiger partial charge in [-0.3, -0.25) is 0 Å². The van der Waals surface area contributed by atoms with Crippen molar-refractivity contribution < 1.29 is 4.74 Å². The zero-order chi connectivity index (χ0) is 17.4. The van der Waals surface area contributed by atoms with Gasteiger partial charge in [-0.25, -0.2) is 14.7 Å². The standard InChI is InChI=1S/C17H26N6O.HI/c1-5-18-16(21-13-17(2,3)24-4)20-12-14-7-9-19-15(11-14)23-10-6-8-22-23;/h6-11H,5,12-13H2,1-4H3,(H2,18,20,21);1H. The zero-order valence-electron chi connectivity index (χ0n) is 15.2. The Morgan fingerprint density at radius 2 is 2.12 bits per heavy atom. The minimum Gasteiger partial charge on any atom is -0.377 e. The molecule has 0 aliphatic carbocycles. The van der Waals surface area contributed by atoms with E-state index in [1.54, 1.807) is 24.2 Å². The van der Waals surface area contributed by atoms with Crippen molar-refractivity contribution in [1.82, 2.24) is 25.4 Å². The Hall–Kier alpha value is -1.68. The van der Waals surface area contributed by atoms with Crippen LogP contribution in [0.15, 0.2) is 41.8 Å². The summed E-state index contributed by atoms with van der Waals surface area (Å²) >= 11 is 0. The minimum atomic E-state index is -0.250. The van der Waals surface area contributed by atoms with Crippen molar-refractivity contribution in [3.05, 3.63) is 42.4 Å². The fourth-order valence-electron chi connectivity index (χ4n) is 1.97. The van der Waals surface area contributed by atoms with Crippen LogP contribution in [0.5, 0.6) is 0 Å². The largest absolute Gasteiger partial charge is 0.377 e. The fourth-order valence-corrected chi connectivity index (χ4v) is 1.97. The zero-order valence-corrected chi connectivity index (χ0v) is 17.5. The van der Waals surface area contributed by atoms with Gasteiger partial charge < -0.3 is 15.4 Å². The molecule has 0 amide bonds. The molecule has 0 radical (unpaired) electrons. The van der Waals surface area contributed by atoms with Gasteiger partial charge >= 0.3 is 0 Å². The summed E-state index contributed by atoms with van der Waals surface area (Å²) in [6, 6.07) is 5.82. The topological polar surface area (TPSA) is 76.4 Å². The normalized spacial score (nSPS) is 11.8. The van der Waals surface area contributed by atoms with Crippen LogP contribution in [-0.2, 0) is 11.3 Å². The lowest BCUT2D eigenvalue weighted by molar-refractivity contribution is 0.0268. The number of hydrogen-bond donors (Lipinski definition) is 2. The molecule has 2 aromatic rings. The molecule has 25 heavy (non-hydrogen) atoms. The molecule has 2 heterocycles. The van der Waals surface area contributed by atoms with Crippen molar-refractivity contribution in [3.63, 3.8) is 0 Å². The molecule has 0 fully saturated rings. The summed E-state index contributed by atoms with van der Waals surface area (Å²) < 4.78 is 7.16. The quantitative estimate of drug-likeness (QED) is 0.379. The molecule has 0 aliphatic heterocycles. The molecular weight excluding hydrogens is 431 g/mol. The van der Waals surface area contributed by atoms with E-state index in [1.807, 2.05) is 45.2 Å². The van der Waals surface area contributed by atoms with E-state index in [1.165, 1.54) is 0 Å². The van der Waals surface area contributed by atoms with Crippen LogP contribution < -0.4 is 10.6 Å². The van der Waals surface area contributed by atoms with E-state index in [0.29, 0.717) is 13.1 Å². The van der Waals surface area contributed by atoms with Gasteiger partial charge in [0.1, 0.15) is 0 Å². The van der Waals surface area contributed by atoms with Gasteiger partial charge in [-0.1, -0.05) is 0 Å². The second kappa shape index (κ2) is 10.3. The van der Waals surface area contributed by atoms with Gasteiger partial charge in [0.2, 0.25) is 0 Å². The first-order valence-electron chi connectivity index (χ1n) is 8.06. The van der Waals surface area contributed by atoms with Gasteiger partial charge in [-0.05, 0) is 44.5 Å². The predicted octanol–water partition coefficient (Wildman–Crippen LogP) is 2.37. The second-order valence-corrected chi connectivity index (χ2v) is 5.99. The molecule has 0 atom stereocenters. The van der Waals surface area contributed by atoms with Gasteiger partial charge in [0.25, 0.3) is 0 Å². The number of aliphatic imine (C=N–C) groups is 1. The van der Waals surface area contributed by atoms with E-state index >= 15 is 0 Å². The van der Waals surface area contributed by atoms with Crippen LogP contribution in [0.1, 0.15) is 26.3 Å². The Bertz CT molecular complexity index is 657. The maximum absolute atomic E-state index is 5.42. The SMILES string of the molecule is CCNC(=NCc1ccnc(-n2cccn2)c1)NCC(C)(C)OC.I. The summed E-state index contributed by atoms with van der Waals surface area (Å²) in [5.74, 6) is 1.55. The number of pyridine rings is 1. The Balaban J connectivity index is 0.00000312. The number of hydrogen-bond acceptors (Lipinski definition) is 4. The van der Waals surface area contributed by atoms with E-state index in [4.69, 9.17) is 4.74 Å². The maximum atomic E-state index is 5.42. The van der Waals surface area contributed by atoms with Crippen LogP contribution >= 0.6 is 24.0 Å². The summed E-state index contributed by atoms with van der Waals surface area (Å²) in [5.41, 5.74) is 0.818. The first-order chi connectivity index (χ1) is 11.5. The lowest BCUT2D eigenvalue weighted by Crippen LogP contribution is -2.45. The third-order valence-electron chi connectivity index (χ3n) is 3.55. The van der Waals surface area contributed by atoms with Crippen molar-refractivity contribution >= 4 is 29.9 Å². The molecule has 7 nitrogen and oxygen atoms in total. The number of methoxy groups -OCH3 is 1. The molecule has 0 unspecified atom stereocenters. The Labute approximate surface area is 166 Å². The summed E-state index contributed by atoms with van der Waals surface area (Å²) in [6.07, 6.45) is 5.38. The molecule has 0 bridgehead atoms. The number of nitrogens with zero attached hydrogens (tertiary/aromatic N) is 4. The average Bonchev–Trinajstić information content (AvgIpc) is 3.12. The van der Waals surface area contributed by atoms with Crippen molar-refractivity contribution in [2.24, 2.45) is 4.99 Å². The highest BCUT2D eigenvalue weighted by Crippen LogP contribution is 2.08. The van der Waals surface area contributed by atoms with E-state index in [0.717, 1.165) is 23.9 Å². The highest BCUT2D eigenvalue weighted by atomic mass is 127. The number of halogens is 1. The van der Waals surface area contributed by atoms with Gasteiger partial charge in [0.05, 0.1) is 12.1 Å². The molecule has 2 rings (SSSR count). The molecule has 8 heteroatoms. The van der Waals surface area contributed by atoms with E-state index in [2.05, 4.69) is 25.7 Å². The van der Waals surface area contributed by atoms with Gasteiger partial charge in [0.15, 0.2) is 11.8 Å². The summed E-state index contributed by atoms with van der Waals surface area (Å²) in [4.78, 5) is 8.95. The smallest absolute Gasteiger partial charge is 0.191 e. The van der Waals surface area contributed by atoms with E-state index < -0.39 is 0 Å². The van der Waals surface area contributed by atoms with Gasteiger partial charge in [0, 0.05) is 38.8 Å². The first kappa shape index (κ1) is 21.4. The minimum absolute atomic E-state index is 0. The van der Waals surface area contributed by atoms with Crippen LogP contribution in [0.2, 0.25) is 0 Å². The van der Waals surface area contributed by atoms with Crippen molar-refractivity contribution in [3.8, 4) is 5.82 Å². The maximum Gasteiger partial charge on any atom is 0.191 e. The number of rotatable bonds is 7. The van der Waals surface area contributed by atoms with Crippen LogP contribution in [-0.4, -0.2) is 46.5 Å². The predicted molar refractivity (Wildman–Crippen MR) is 111 cm³/mol. The molecule has 0 saturated carbocycles. The molecule has 0 aliphatic rings. The van der Waals surface area contributed by atoms with Crippen molar-refractivity contribution in [2.75, 3.05) is 20.2 Å². The first-order valence-corrected chi connectivity index (χ1v) is 8.06. The lowest BCUT2D eigenvalue weighted by Gasteiger charge is -2.24. The summed E-state index contributed by atoms with van der Waals surface area (Å²) in [6.45, 7) is 8.13. The number of guanidine groups is 1. The van der Waals surface area contributed by atoms with Gasteiger partial charge in [-0.15, -0.1) is 24.0 Å². The summed E-state index contributed by atoms with van der Waals surface area (Å²) in [5, 5.41) is 10.7. The van der Waals surface area contributed by atoms with E-state index in [9.17, 15) is 0 Å². The van der Waals surface area contributed by atoms with Gasteiger partial charge in [-0.2, -0.15) is 5.10 Å². The molecule has 0 spiro atoms. The molecule has 0 aromatic carbocycles. The highest BCUT2D eigenvalue weighted by Gasteiger charge is 2.16. The van der Waals surface area contributed by atoms with Crippen molar-refractivity contribution in [1.29, 1.82) is 0 Å².